The summed E-state index contributed by atoms with van der Waals surface area (Å²) in [6.45, 7) is 3.40. The summed E-state index contributed by atoms with van der Waals surface area (Å²) in [4.78, 5) is 2.56. The van der Waals surface area contributed by atoms with Crippen molar-refractivity contribution < 1.29 is 22.1 Å². The Kier molecular flexibility index (Phi) is 20.7. The molecule has 0 aliphatic rings. The van der Waals surface area contributed by atoms with Gasteiger partial charge in [-0.15, -0.1) is 12.4 Å². The van der Waals surface area contributed by atoms with Gasteiger partial charge in [0, 0.05) is 41.6 Å². The van der Waals surface area contributed by atoms with Crippen molar-refractivity contribution in [2.24, 2.45) is 0 Å². The third-order valence-electron chi connectivity index (χ3n) is 4.04. The molecule has 0 bridgehead atoms. The molecule has 0 N–H and O–H groups in total. The summed E-state index contributed by atoms with van der Waals surface area (Å²) in [5.41, 5.74) is 0. The van der Waals surface area contributed by atoms with Crippen LogP contribution in [0.3, 0.4) is 0 Å². The quantitative estimate of drug-likeness (QED) is 0.259. The lowest BCUT2D eigenvalue weighted by Gasteiger charge is -2.27. The van der Waals surface area contributed by atoms with Gasteiger partial charge in [-0.2, -0.15) is 0 Å². The van der Waals surface area contributed by atoms with Crippen LogP contribution in [0.4, 0.5) is 0 Å². The summed E-state index contributed by atoms with van der Waals surface area (Å²) >= 11 is 0. The molecule has 0 fully saturated rings. The fourth-order valence-electron chi connectivity index (χ4n) is 2.57. The molecule has 0 aromatic heterocycles. The molecule has 6 nitrogen and oxygen atoms in total. The zero-order valence-corrected chi connectivity index (χ0v) is 20.8. The van der Waals surface area contributed by atoms with Gasteiger partial charge in [0.25, 0.3) is 0 Å². The van der Waals surface area contributed by atoms with Crippen LogP contribution < -0.4 is 0 Å². The second-order valence-corrected chi connectivity index (χ2v) is 12.1. The van der Waals surface area contributed by atoms with Crippen molar-refractivity contribution in [2.75, 3.05) is 55.2 Å². The highest BCUT2D eigenvalue weighted by Gasteiger charge is 2.36. The van der Waals surface area contributed by atoms with Crippen LogP contribution in [0.1, 0.15) is 19.3 Å². The SMILES string of the molecule is CO[SiH2]CCCN(CCC[SiH2]OC)CCC[Si](OC)(OC)OC.Cl. The van der Waals surface area contributed by atoms with Gasteiger partial charge in [-0.05, 0) is 51.0 Å². The normalized spacial score (nSPS) is 12.8. The van der Waals surface area contributed by atoms with Crippen molar-refractivity contribution in [1.82, 2.24) is 4.90 Å². The van der Waals surface area contributed by atoms with Crippen LogP contribution >= 0.6 is 12.4 Å². The van der Waals surface area contributed by atoms with Crippen molar-refractivity contribution >= 4 is 40.7 Å². The predicted molar refractivity (Wildman–Crippen MR) is 110 cm³/mol. The summed E-state index contributed by atoms with van der Waals surface area (Å²) in [6, 6.07) is 3.38. The van der Waals surface area contributed by atoms with E-state index >= 15 is 0 Å². The smallest absolute Gasteiger partial charge is 0.427 e. The Balaban J connectivity index is 0. The topological polar surface area (TPSA) is 49.4 Å². The van der Waals surface area contributed by atoms with Gasteiger partial charge in [0.15, 0.2) is 19.5 Å². The zero-order chi connectivity index (χ0) is 17.4. The minimum absolute atomic E-state index is 0. The van der Waals surface area contributed by atoms with Crippen LogP contribution in [0.5, 0.6) is 0 Å². The molecule has 24 heavy (non-hydrogen) atoms. The molecular weight excluding hydrogens is 382 g/mol. The molecule has 0 atom stereocenters. The first-order valence-electron chi connectivity index (χ1n) is 8.53. The van der Waals surface area contributed by atoms with Gasteiger partial charge < -0.3 is 27.0 Å². The lowest BCUT2D eigenvalue weighted by Crippen LogP contribution is -2.43. The lowest BCUT2D eigenvalue weighted by atomic mass is 10.3. The van der Waals surface area contributed by atoms with E-state index < -0.39 is 8.80 Å². The first-order chi connectivity index (χ1) is 11.2. The molecule has 0 aliphatic heterocycles. The van der Waals surface area contributed by atoms with Crippen LogP contribution in [0.25, 0.3) is 0 Å². The Morgan fingerprint density at radius 1 is 0.708 bits per heavy atom. The lowest BCUT2D eigenvalue weighted by molar-refractivity contribution is 0.121. The van der Waals surface area contributed by atoms with Crippen LogP contribution in [0, 0.1) is 0 Å². The third kappa shape index (κ3) is 13.0. The molecule has 0 saturated heterocycles. The predicted octanol–water partition coefficient (Wildman–Crippen LogP) is 1.06. The molecule has 0 heterocycles. The van der Waals surface area contributed by atoms with E-state index in [1.165, 1.54) is 24.9 Å². The molecule has 0 aromatic carbocycles. The first kappa shape index (κ1) is 26.9. The van der Waals surface area contributed by atoms with Gasteiger partial charge in [0.1, 0.15) is 0 Å². The average Bonchev–Trinajstić information content (AvgIpc) is 2.59. The summed E-state index contributed by atoms with van der Waals surface area (Å²) in [5.74, 6) is 0. The molecule has 0 radical (unpaired) electrons. The third-order valence-corrected chi connectivity index (χ3v) is 9.26. The molecule has 0 aliphatic carbocycles. The summed E-state index contributed by atoms with van der Waals surface area (Å²) < 4.78 is 27.0. The van der Waals surface area contributed by atoms with Crippen molar-refractivity contribution in [3.05, 3.63) is 0 Å². The fraction of sp³-hybridized carbons (Fsp3) is 1.00. The Morgan fingerprint density at radius 2 is 1.12 bits per heavy atom. The van der Waals surface area contributed by atoms with Gasteiger partial charge in [0.05, 0.1) is 0 Å². The molecule has 0 aromatic rings. The highest BCUT2D eigenvalue weighted by atomic mass is 35.5. The van der Waals surface area contributed by atoms with Gasteiger partial charge in [-0.25, -0.2) is 0 Å². The van der Waals surface area contributed by atoms with Crippen molar-refractivity contribution in [1.29, 1.82) is 0 Å². The monoisotopic (exact) mass is 419 g/mol. The van der Waals surface area contributed by atoms with E-state index in [1.807, 2.05) is 14.2 Å². The van der Waals surface area contributed by atoms with Gasteiger partial charge in [-0.1, -0.05) is 0 Å². The van der Waals surface area contributed by atoms with Crippen molar-refractivity contribution in [3.63, 3.8) is 0 Å². The zero-order valence-electron chi connectivity index (χ0n) is 16.2. The molecule has 0 rings (SSSR count). The second kappa shape index (κ2) is 18.5. The maximum atomic E-state index is 5.50. The standard InChI is InChI=1S/C14H37NO5Si3.ClH/c1-16-21-12-6-9-15(10-7-13-22-17-2)11-8-14-23(18-3,19-4)20-5;/h6-14,21-22H2,1-5H3;1H. The number of halogens is 1. The van der Waals surface area contributed by atoms with E-state index in [-0.39, 0.29) is 31.9 Å². The Morgan fingerprint density at radius 3 is 1.50 bits per heavy atom. The van der Waals surface area contributed by atoms with Crippen molar-refractivity contribution in [3.8, 4) is 0 Å². The maximum Gasteiger partial charge on any atom is 0.500 e. The Hall–Kier alpha value is 0.701. The maximum absolute atomic E-state index is 5.50. The fourth-order valence-corrected chi connectivity index (χ4v) is 5.71. The molecule has 0 amide bonds. The molecular formula is C14H38ClNO5Si3. The summed E-state index contributed by atoms with van der Waals surface area (Å²) in [5, 5.41) is 0. The van der Waals surface area contributed by atoms with Gasteiger partial charge >= 0.3 is 8.80 Å². The van der Waals surface area contributed by atoms with Crippen LogP contribution in [-0.4, -0.2) is 88.4 Å². The van der Waals surface area contributed by atoms with E-state index in [0.29, 0.717) is 0 Å². The van der Waals surface area contributed by atoms with Crippen LogP contribution in [0.15, 0.2) is 0 Å². The molecule has 0 spiro atoms. The largest absolute Gasteiger partial charge is 0.500 e. The molecule has 148 valence electrons. The number of nitrogens with zero attached hydrogens (tertiary/aromatic N) is 1. The minimum Gasteiger partial charge on any atom is -0.427 e. The molecule has 10 heteroatoms. The molecule has 0 saturated carbocycles. The second-order valence-electron chi connectivity index (χ2n) is 5.64. The Labute approximate surface area is 160 Å². The highest BCUT2D eigenvalue weighted by Crippen LogP contribution is 2.15. The number of hydrogen-bond donors (Lipinski definition) is 0. The van der Waals surface area contributed by atoms with E-state index in [1.54, 1.807) is 21.3 Å². The van der Waals surface area contributed by atoms with E-state index in [0.717, 1.165) is 32.1 Å². The highest BCUT2D eigenvalue weighted by molar-refractivity contribution is 6.60. The number of rotatable bonds is 17. The van der Waals surface area contributed by atoms with Gasteiger partial charge in [-0.3, -0.25) is 0 Å². The van der Waals surface area contributed by atoms with Crippen molar-refractivity contribution in [2.45, 2.75) is 37.4 Å². The van der Waals surface area contributed by atoms with Crippen LogP contribution in [0.2, 0.25) is 18.1 Å². The first-order valence-corrected chi connectivity index (χ1v) is 13.6. The average molecular weight is 420 g/mol. The summed E-state index contributed by atoms with van der Waals surface area (Å²) in [7, 11) is 5.68. The van der Waals surface area contributed by atoms with E-state index in [4.69, 9.17) is 22.1 Å². The van der Waals surface area contributed by atoms with Gasteiger partial charge in [0.2, 0.25) is 0 Å². The van der Waals surface area contributed by atoms with Crippen LogP contribution in [-0.2, 0) is 22.1 Å². The van der Waals surface area contributed by atoms with E-state index in [9.17, 15) is 0 Å². The Bertz CT molecular complexity index is 246. The van der Waals surface area contributed by atoms with E-state index in [2.05, 4.69) is 4.90 Å². The summed E-state index contributed by atoms with van der Waals surface area (Å²) in [6.07, 6.45) is 3.53. The molecule has 0 unspecified atom stereocenters. The minimum atomic E-state index is -2.43. The number of hydrogen-bond acceptors (Lipinski definition) is 6.